The Bertz CT molecular complexity index is 1300. The van der Waals surface area contributed by atoms with Crippen LogP contribution in [0.25, 0.3) is 0 Å². The topological polar surface area (TPSA) is 95.0 Å². The molecule has 2 atom stereocenters. The Morgan fingerprint density at radius 2 is 2.00 bits per heavy atom. The number of aliphatic hydroxyl groups excluding tert-OH is 1. The van der Waals surface area contributed by atoms with E-state index in [9.17, 15) is 13.5 Å². The minimum Gasteiger partial charge on any atom is -0.377 e. The molecule has 200 valence electrons. The van der Waals surface area contributed by atoms with Crippen LogP contribution in [-0.2, 0) is 21.3 Å². The second kappa shape index (κ2) is 10.9. The van der Waals surface area contributed by atoms with Crippen molar-refractivity contribution in [2.24, 2.45) is 0 Å². The van der Waals surface area contributed by atoms with Gasteiger partial charge in [-0.2, -0.15) is 4.31 Å². The Balaban J connectivity index is 1.52. The quantitative estimate of drug-likeness (QED) is 0.347. The summed E-state index contributed by atoms with van der Waals surface area (Å²) >= 11 is 7.81. The number of nitrogens with one attached hydrogen (secondary N) is 1. The summed E-state index contributed by atoms with van der Waals surface area (Å²) in [6.07, 6.45) is -0.846. The van der Waals surface area contributed by atoms with Crippen molar-refractivity contribution in [3.05, 3.63) is 70.0 Å². The first kappa shape index (κ1) is 27.8. The predicted molar refractivity (Wildman–Crippen MR) is 148 cm³/mol. The number of likely N-dealkylation sites (tertiary alicyclic amines) is 1. The molecule has 4 rings (SSSR count). The third kappa shape index (κ3) is 6.81. The largest absolute Gasteiger partial charge is 0.377 e. The maximum atomic E-state index is 13.6. The highest BCUT2D eigenvalue weighted by molar-refractivity contribution is 7.92. The Morgan fingerprint density at radius 1 is 1.27 bits per heavy atom. The van der Waals surface area contributed by atoms with Gasteiger partial charge < -0.3 is 15.2 Å². The Labute approximate surface area is 227 Å². The summed E-state index contributed by atoms with van der Waals surface area (Å²) in [7, 11) is -4.24. The molecule has 3 aromatic rings. The smallest absolute Gasteiger partial charge is 0.269 e. The number of halogens is 1. The highest BCUT2D eigenvalue weighted by atomic mass is 35.5. The Kier molecular flexibility index (Phi) is 8.18. The lowest BCUT2D eigenvalue weighted by atomic mass is 10.0. The van der Waals surface area contributed by atoms with E-state index in [1.165, 1.54) is 39.9 Å². The zero-order valence-electron chi connectivity index (χ0n) is 21.4. The first-order chi connectivity index (χ1) is 17.4. The normalized spacial score (nSPS) is 19.6. The molecular formula is C26H33ClN4O4S2. The summed E-state index contributed by atoms with van der Waals surface area (Å²) < 4.78 is 33.5. The van der Waals surface area contributed by atoms with Crippen molar-refractivity contribution >= 4 is 44.5 Å². The van der Waals surface area contributed by atoms with Gasteiger partial charge in [-0.3, -0.25) is 4.90 Å². The van der Waals surface area contributed by atoms with Crippen molar-refractivity contribution < 1.29 is 18.3 Å². The lowest BCUT2D eigenvalue weighted by Gasteiger charge is -2.32. The van der Waals surface area contributed by atoms with Crippen molar-refractivity contribution in [3.63, 3.8) is 0 Å². The van der Waals surface area contributed by atoms with Gasteiger partial charge in [-0.1, -0.05) is 41.9 Å². The lowest BCUT2D eigenvalue weighted by Crippen LogP contribution is -2.45. The standard InChI is InChI=1S/C26H33ClN4O4S2/c1-25(2,3)35-24(32)31(23-16-36-18-28-23)37(33,34)20-10-11-22(21(27)14-20)29-26(4)12-13-30(17-26)15-19-8-6-5-7-9-19/h5-11,14,16,18,24,29,32H,12-13,15,17H2,1-4H3/t24?,26-/m0/s1. The van der Waals surface area contributed by atoms with Crippen LogP contribution in [0.4, 0.5) is 11.5 Å². The van der Waals surface area contributed by atoms with E-state index in [4.69, 9.17) is 16.3 Å². The van der Waals surface area contributed by atoms with E-state index in [1.54, 1.807) is 26.8 Å². The molecule has 0 bridgehead atoms. The summed E-state index contributed by atoms with van der Waals surface area (Å²) in [4.78, 5) is 6.40. The summed E-state index contributed by atoms with van der Waals surface area (Å²) in [6.45, 7) is 9.96. The zero-order chi connectivity index (χ0) is 26.8. The number of nitrogens with zero attached hydrogens (tertiary/aromatic N) is 3. The van der Waals surface area contributed by atoms with Crippen LogP contribution in [0.1, 0.15) is 39.7 Å². The van der Waals surface area contributed by atoms with Gasteiger partial charge in [-0.15, -0.1) is 11.3 Å². The van der Waals surface area contributed by atoms with Crippen LogP contribution in [0, 0.1) is 0 Å². The summed E-state index contributed by atoms with van der Waals surface area (Å²) in [5.74, 6) is 0.0667. The van der Waals surface area contributed by atoms with E-state index in [2.05, 4.69) is 34.3 Å². The van der Waals surface area contributed by atoms with Crippen LogP contribution in [0.3, 0.4) is 0 Å². The van der Waals surface area contributed by atoms with E-state index in [1.807, 2.05) is 18.2 Å². The van der Waals surface area contributed by atoms with Crippen LogP contribution in [0.15, 0.2) is 64.3 Å². The number of thiazole rings is 1. The fourth-order valence-electron chi connectivity index (χ4n) is 4.37. The maximum Gasteiger partial charge on any atom is 0.269 e. The highest BCUT2D eigenvalue weighted by Crippen LogP contribution is 2.34. The number of aromatic nitrogens is 1. The molecule has 0 radical (unpaired) electrons. The second-order valence-corrected chi connectivity index (χ2v) is 13.4. The van der Waals surface area contributed by atoms with Crippen LogP contribution in [0.5, 0.6) is 0 Å². The van der Waals surface area contributed by atoms with Crippen molar-refractivity contribution in [1.29, 1.82) is 0 Å². The first-order valence-electron chi connectivity index (χ1n) is 12.0. The van der Waals surface area contributed by atoms with E-state index in [-0.39, 0.29) is 21.3 Å². The molecule has 8 nitrogen and oxygen atoms in total. The van der Waals surface area contributed by atoms with Crippen molar-refractivity contribution in [2.45, 2.75) is 63.1 Å². The van der Waals surface area contributed by atoms with Gasteiger partial charge in [0.1, 0.15) is 0 Å². The molecule has 0 spiro atoms. The Hall–Kier alpha value is -2.21. The molecule has 1 aliphatic heterocycles. The van der Waals surface area contributed by atoms with Crippen LogP contribution in [0.2, 0.25) is 5.02 Å². The fraction of sp³-hybridized carbons (Fsp3) is 0.423. The van der Waals surface area contributed by atoms with Gasteiger partial charge in [0, 0.05) is 30.6 Å². The molecule has 1 saturated heterocycles. The van der Waals surface area contributed by atoms with Crippen LogP contribution >= 0.6 is 22.9 Å². The van der Waals surface area contributed by atoms with Crippen LogP contribution in [-0.4, -0.2) is 54.1 Å². The average molecular weight is 565 g/mol. The van der Waals surface area contributed by atoms with Gasteiger partial charge in [0.15, 0.2) is 5.82 Å². The molecule has 0 saturated carbocycles. The van der Waals surface area contributed by atoms with Crippen molar-refractivity contribution in [3.8, 4) is 0 Å². The molecule has 2 N–H and O–H groups in total. The minimum atomic E-state index is -4.24. The molecule has 2 heterocycles. The fourth-order valence-corrected chi connectivity index (χ4v) is 6.61. The van der Waals surface area contributed by atoms with Gasteiger partial charge >= 0.3 is 0 Å². The van der Waals surface area contributed by atoms with E-state index in [0.717, 1.165) is 30.4 Å². The average Bonchev–Trinajstić information content (AvgIpc) is 3.45. The number of rotatable bonds is 9. The third-order valence-electron chi connectivity index (χ3n) is 6.04. The number of hydrogen-bond acceptors (Lipinski definition) is 8. The third-order valence-corrected chi connectivity index (χ3v) is 8.66. The number of anilines is 2. The molecule has 1 unspecified atom stereocenters. The number of ether oxygens (including phenoxy) is 1. The van der Waals surface area contributed by atoms with E-state index < -0.39 is 22.0 Å². The SMILES string of the molecule is CC(C)(C)OC(O)N(c1cscn1)S(=O)(=O)c1ccc(N[C@@]2(C)CCN(Cc3ccccc3)C2)c(Cl)c1. The summed E-state index contributed by atoms with van der Waals surface area (Å²) in [5.41, 5.74) is 2.39. The molecule has 1 aliphatic rings. The van der Waals surface area contributed by atoms with Gasteiger partial charge in [0.2, 0.25) is 0 Å². The van der Waals surface area contributed by atoms with Gasteiger partial charge in [0.25, 0.3) is 16.4 Å². The first-order valence-corrected chi connectivity index (χ1v) is 14.7. The minimum absolute atomic E-state index is 0.0667. The molecule has 37 heavy (non-hydrogen) atoms. The monoisotopic (exact) mass is 564 g/mol. The highest BCUT2D eigenvalue weighted by Gasteiger charge is 2.37. The number of benzene rings is 2. The van der Waals surface area contributed by atoms with Gasteiger partial charge in [0.05, 0.1) is 26.7 Å². The lowest BCUT2D eigenvalue weighted by molar-refractivity contribution is -0.157. The summed E-state index contributed by atoms with van der Waals surface area (Å²) in [5, 5.41) is 16.1. The van der Waals surface area contributed by atoms with E-state index in [0.29, 0.717) is 5.69 Å². The maximum absolute atomic E-state index is 13.6. The molecule has 2 aromatic carbocycles. The number of sulfonamides is 1. The van der Waals surface area contributed by atoms with E-state index >= 15 is 0 Å². The summed E-state index contributed by atoms with van der Waals surface area (Å²) in [6, 6.07) is 14.9. The van der Waals surface area contributed by atoms with Crippen LogP contribution < -0.4 is 9.62 Å². The predicted octanol–water partition coefficient (Wildman–Crippen LogP) is 5.16. The molecular weight excluding hydrogens is 532 g/mol. The molecule has 1 fully saturated rings. The van der Waals surface area contributed by atoms with Gasteiger partial charge in [-0.05, 0) is 57.9 Å². The Morgan fingerprint density at radius 3 is 2.62 bits per heavy atom. The number of aliphatic hydroxyl groups is 1. The zero-order valence-corrected chi connectivity index (χ0v) is 23.8. The second-order valence-electron chi connectivity index (χ2n) is 10.5. The molecule has 0 amide bonds. The molecule has 11 heteroatoms. The van der Waals surface area contributed by atoms with Gasteiger partial charge in [-0.25, -0.2) is 13.4 Å². The molecule has 1 aromatic heterocycles. The molecule has 0 aliphatic carbocycles. The van der Waals surface area contributed by atoms with Crippen molar-refractivity contribution in [1.82, 2.24) is 9.88 Å². The van der Waals surface area contributed by atoms with Crippen molar-refractivity contribution in [2.75, 3.05) is 22.7 Å². The number of hydrogen-bond donors (Lipinski definition) is 2.